The van der Waals surface area contributed by atoms with E-state index in [9.17, 15) is 19.5 Å². The molecule has 1 aliphatic rings. The fourth-order valence-corrected chi connectivity index (χ4v) is 4.22. The zero-order chi connectivity index (χ0) is 22.5. The molecule has 1 unspecified atom stereocenters. The zero-order valence-corrected chi connectivity index (χ0v) is 18.5. The van der Waals surface area contributed by atoms with Crippen molar-refractivity contribution < 1.29 is 24.2 Å². The molecule has 160 valence electrons. The van der Waals surface area contributed by atoms with E-state index in [1.807, 2.05) is 0 Å². The summed E-state index contributed by atoms with van der Waals surface area (Å²) in [6.07, 6.45) is 1.66. The number of benzene rings is 2. The second-order valence-electron chi connectivity index (χ2n) is 6.61. The number of carbonyl (C=O) groups excluding carboxylic acids is 3. The monoisotopic (exact) mass is 456 g/mol. The Hall–Kier alpha value is -3.17. The number of carbonyl (C=O) groups is 3. The predicted octanol–water partition coefficient (Wildman–Crippen LogP) is 3.80. The molecule has 0 bridgehead atoms. The van der Waals surface area contributed by atoms with Crippen LogP contribution in [0.1, 0.15) is 29.8 Å². The number of phenols is 1. The maximum Gasteiger partial charge on any atom is 0.338 e. The number of nitrogens with zero attached hydrogens (tertiary/aromatic N) is 1. The summed E-state index contributed by atoms with van der Waals surface area (Å²) < 4.78 is 5.22. The normalized spacial score (nSPS) is 15.8. The average Bonchev–Trinajstić information content (AvgIpc) is 3.02. The molecular formula is C22H20N2O5S2. The molecule has 0 aliphatic carbocycles. The molecule has 1 fully saturated rings. The number of rotatable bonds is 6. The van der Waals surface area contributed by atoms with Crippen molar-refractivity contribution in [2.75, 3.05) is 11.9 Å². The van der Waals surface area contributed by atoms with Gasteiger partial charge in [0.2, 0.25) is 5.91 Å². The third kappa shape index (κ3) is 5.31. The van der Waals surface area contributed by atoms with Gasteiger partial charge in [0, 0.05) is 5.69 Å². The summed E-state index contributed by atoms with van der Waals surface area (Å²) in [5, 5.41) is 12.1. The van der Waals surface area contributed by atoms with Crippen molar-refractivity contribution in [3.8, 4) is 5.75 Å². The summed E-state index contributed by atoms with van der Waals surface area (Å²) in [4.78, 5) is 38.9. The van der Waals surface area contributed by atoms with Gasteiger partial charge < -0.3 is 15.2 Å². The molecule has 2 aromatic carbocycles. The van der Waals surface area contributed by atoms with Crippen LogP contribution >= 0.6 is 24.0 Å². The number of thiocarbonyl (C=S) groups is 1. The summed E-state index contributed by atoms with van der Waals surface area (Å²) >= 11 is 6.44. The molecule has 1 heterocycles. The van der Waals surface area contributed by atoms with E-state index in [-0.39, 0.29) is 22.6 Å². The van der Waals surface area contributed by atoms with Crippen molar-refractivity contribution >= 4 is 57.8 Å². The molecule has 2 amide bonds. The molecule has 1 aliphatic heterocycles. The van der Waals surface area contributed by atoms with Crippen LogP contribution < -0.4 is 5.32 Å². The van der Waals surface area contributed by atoms with Crippen molar-refractivity contribution in [1.29, 1.82) is 0 Å². The molecule has 2 aromatic rings. The SMILES string of the molecule is CCOC(=O)c1ccc(NC(=O)C(C)N2C(=O)/C(=C/c3ccc(O)cc3)SC2=S)cc1. The van der Waals surface area contributed by atoms with Crippen LogP contribution in [-0.2, 0) is 14.3 Å². The van der Waals surface area contributed by atoms with Crippen molar-refractivity contribution in [1.82, 2.24) is 4.90 Å². The molecule has 2 N–H and O–H groups in total. The van der Waals surface area contributed by atoms with Crippen LogP contribution in [0.25, 0.3) is 6.08 Å². The highest BCUT2D eigenvalue weighted by Gasteiger charge is 2.38. The molecule has 1 atom stereocenters. The van der Waals surface area contributed by atoms with Crippen molar-refractivity contribution in [2.24, 2.45) is 0 Å². The van der Waals surface area contributed by atoms with E-state index >= 15 is 0 Å². The van der Waals surface area contributed by atoms with E-state index < -0.39 is 17.9 Å². The van der Waals surface area contributed by atoms with Gasteiger partial charge in [-0.2, -0.15) is 0 Å². The Morgan fingerprint density at radius 1 is 1.19 bits per heavy atom. The van der Waals surface area contributed by atoms with E-state index in [0.717, 1.165) is 17.3 Å². The Labute approximate surface area is 189 Å². The lowest BCUT2D eigenvalue weighted by molar-refractivity contribution is -0.129. The van der Waals surface area contributed by atoms with Gasteiger partial charge in [0.05, 0.1) is 17.1 Å². The zero-order valence-electron chi connectivity index (χ0n) is 16.8. The van der Waals surface area contributed by atoms with E-state index in [1.54, 1.807) is 56.3 Å². The Morgan fingerprint density at radius 2 is 1.84 bits per heavy atom. The van der Waals surface area contributed by atoms with Crippen LogP contribution in [0.3, 0.4) is 0 Å². The lowest BCUT2D eigenvalue weighted by Gasteiger charge is -2.22. The number of ether oxygens (including phenoxy) is 1. The minimum atomic E-state index is -0.831. The number of esters is 1. The number of phenolic OH excluding ortho intramolecular Hbond substituents is 1. The van der Waals surface area contributed by atoms with Crippen LogP contribution in [0.2, 0.25) is 0 Å². The second kappa shape index (κ2) is 9.76. The summed E-state index contributed by atoms with van der Waals surface area (Å²) in [5.41, 5.74) is 1.59. The average molecular weight is 457 g/mol. The van der Waals surface area contributed by atoms with Crippen LogP contribution in [0.4, 0.5) is 5.69 Å². The van der Waals surface area contributed by atoms with Crippen molar-refractivity contribution in [2.45, 2.75) is 19.9 Å². The number of hydrogen-bond acceptors (Lipinski definition) is 7. The summed E-state index contributed by atoms with van der Waals surface area (Å²) in [5.74, 6) is -1.08. The Bertz CT molecular complexity index is 1050. The van der Waals surface area contributed by atoms with E-state index in [0.29, 0.717) is 16.2 Å². The van der Waals surface area contributed by atoms with Gasteiger partial charge in [0.25, 0.3) is 5.91 Å². The number of amides is 2. The molecule has 3 rings (SSSR count). The third-order valence-electron chi connectivity index (χ3n) is 4.44. The first-order valence-corrected chi connectivity index (χ1v) is 10.7. The molecular weight excluding hydrogens is 436 g/mol. The largest absolute Gasteiger partial charge is 0.508 e. The van der Waals surface area contributed by atoms with Gasteiger partial charge in [-0.1, -0.05) is 36.1 Å². The molecule has 0 spiro atoms. The van der Waals surface area contributed by atoms with Crippen LogP contribution in [0, 0.1) is 0 Å². The first-order chi connectivity index (χ1) is 14.8. The van der Waals surface area contributed by atoms with Gasteiger partial charge in [0.15, 0.2) is 0 Å². The Balaban J connectivity index is 1.68. The first-order valence-electron chi connectivity index (χ1n) is 9.44. The van der Waals surface area contributed by atoms with Crippen molar-refractivity contribution in [3.05, 3.63) is 64.6 Å². The molecule has 1 saturated heterocycles. The van der Waals surface area contributed by atoms with Gasteiger partial charge >= 0.3 is 5.97 Å². The maximum absolute atomic E-state index is 12.8. The highest BCUT2D eigenvalue weighted by molar-refractivity contribution is 8.26. The van der Waals surface area contributed by atoms with Crippen LogP contribution in [-0.4, -0.2) is 44.8 Å². The summed E-state index contributed by atoms with van der Waals surface area (Å²) in [6, 6.07) is 11.9. The van der Waals surface area contributed by atoms with Gasteiger partial charge in [-0.05, 0) is 61.9 Å². The van der Waals surface area contributed by atoms with Gasteiger partial charge in [-0.15, -0.1) is 0 Å². The molecule has 0 radical (unpaired) electrons. The smallest absolute Gasteiger partial charge is 0.338 e. The quantitative estimate of drug-likeness (QED) is 0.388. The van der Waals surface area contributed by atoms with Crippen molar-refractivity contribution in [3.63, 3.8) is 0 Å². The predicted molar refractivity (Wildman–Crippen MR) is 124 cm³/mol. The number of nitrogens with one attached hydrogen (secondary N) is 1. The lowest BCUT2D eigenvalue weighted by atomic mass is 10.2. The van der Waals surface area contributed by atoms with Gasteiger partial charge in [-0.3, -0.25) is 14.5 Å². The van der Waals surface area contributed by atoms with Gasteiger partial charge in [-0.25, -0.2) is 4.79 Å². The Morgan fingerprint density at radius 3 is 2.45 bits per heavy atom. The number of aromatic hydroxyl groups is 1. The molecule has 7 nitrogen and oxygen atoms in total. The molecule has 31 heavy (non-hydrogen) atoms. The van der Waals surface area contributed by atoms with E-state index in [4.69, 9.17) is 17.0 Å². The topological polar surface area (TPSA) is 95.9 Å². The number of thioether (sulfide) groups is 1. The highest BCUT2D eigenvalue weighted by atomic mass is 32.2. The minimum Gasteiger partial charge on any atom is -0.508 e. The minimum absolute atomic E-state index is 0.130. The molecule has 9 heteroatoms. The highest BCUT2D eigenvalue weighted by Crippen LogP contribution is 2.34. The third-order valence-corrected chi connectivity index (χ3v) is 5.78. The van der Waals surface area contributed by atoms with Crippen LogP contribution in [0.5, 0.6) is 5.75 Å². The van der Waals surface area contributed by atoms with E-state index in [1.165, 1.54) is 17.0 Å². The fraction of sp³-hybridized carbons (Fsp3) is 0.182. The van der Waals surface area contributed by atoms with Crippen LogP contribution in [0.15, 0.2) is 53.4 Å². The first kappa shape index (κ1) is 22.5. The van der Waals surface area contributed by atoms with Gasteiger partial charge in [0.1, 0.15) is 16.1 Å². The second-order valence-corrected chi connectivity index (χ2v) is 8.28. The fourth-order valence-electron chi connectivity index (χ4n) is 2.80. The van der Waals surface area contributed by atoms with E-state index in [2.05, 4.69) is 5.32 Å². The summed E-state index contributed by atoms with van der Waals surface area (Å²) in [7, 11) is 0. The molecule has 0 saturated carbocycles. The molecule has 0 aromatic heterocycles. The number of anilines is 1. The Kier molecular flexibility index (Phi) is 7.09. The maximum atomic E-state index is 12.8. The standard InChI is InChI=1S/C22H20N2O5S2/c1-3-29-21(28)15-6-8-16(9-7-15)23-19(26)13(2)24-20(27)18(31-22(24)30)12-14-4-10-17(25)11-5-14/h4-13,25H,3H2,1-2H3,(H,23,26)/b18-12-. The lowest BCUT2D eigenvalue weighted by Crippen LogP contribution is -2.44. The summed E-state index contributed by atoms with van der Waals surface area (Å²) in [6.45, 7) is 3.60. The number of hydrogen-bond donors (Lipinski definition) is 2.